The molecule has 2 aromatic rings. The van der Waals surface area contributed by atoms with Crippen LogP contribution in [-0.2, 0) is 9.63 Å². The van der Waals surface area contributed by atoms with Crippen LogP contribution in [0.5, 0.6) is 11.5 Å². The van der Waals surface area contributed by atoms with Crippen LogP contribution in [0.15, 0.2) is 53.7 Å². The zero-order chi connectivity index (χ0) is 18.1. The quantitative estimate of drug-likeness (QED) is 0.586. The van der Waals surface area contributed by atoms with E-state index in [9.17, 15) is 13.6 Å². The Bertz CT molecular complexity index is 721. The Kier molecular flexibility index (Phi) is 6.70. The monoisotopic (exact) mass is 350 g/mol. The van der Waals surface area contributed by atoms with Crippen molar-refractivity contribution in [2.24, 2.45) is 5.16 Å². The fraction of sp³-hybridized carbons (Fsp3) is 0.176. The van der Waals surface area contributed by atoms with Crippen LogP contribution < -0.4 is 14.8 Å². The van der Waals surface area contributed by atoms with Crippen LogP contribution in [0.2, 0.25) is 0 Å². The summed E-state index contributed by atoms with van der Waals surface area (Å²) in [4.78, 5) is 16.7. The minimum Gasteiger partial charge on any atom is -0.495 e. The first-order chi connectivity index (χ1) is 12.1. The number of nitrogens with one attached hydrogen (secondary N) is 1. The molecule has 25 heavy (non-hydrogen) atoms. The van der Waals surface area contributed by atoms with Crippen molar-refractivity contribution in [3.63, 3.8) is 0 Å². The summed E-state index contributed by atoms with van der Waals surface area (Å²) in [6, 6.07) is 12.8. The zero-order valence-electron chi connectivity index (χ0n) is 13.3. The van der Waals surface area contributed by atoms with Crippen LogP contribution >= 0.6 is 0 Å². The molecule has 0 saturated carbocycles. The molecule has 1 N–H and O–H groups in total. The predicted molar refractivity (Wildman–Crippen MR) is 88.2 cm³/mol. The SMILES string of the molecule is COc1ccccc1NC(=O)CO/N=C\c1ccc(OC(F)F)cc1. The van der Waals surface area contributed by atoms with Crippen molar-refractivity contribution >= 4 is 17.8 Å². The maximum absolute atomic E-state index is 12.0. The van der Waals surface area contributed by atoms with E-state index in [1.807, 2.05) is 0 Å². The minimum atomic E-state index is -2.87. The number of methoxy groups -OCH3 is 1. The average molecular weight is 350 g/mol. The van der Waals surface area contributed by atoms with E-state index >= 15 is 0 Å². The van der Waals surface area contributed by atoms with E-state index < -0.39 is 12.5 Å². The average Bonchev–Trinajstić information content (AvgIpc) is 2.60. The third kappa shape index (κ3) is 6.09. The summed E-state index contributed by atoms with van der Waals surface area (Å²) in [5.41, 5.74) is 1.13. The van der Waals surface area contributed by atoms with Gasteiger partial charge in [-0.3, -0.25) is 4.79 Å². The number of halogens is 2. The highest BCUT2D eigenvalue weighted by atomic mass is 19.3. The smallest absolute Gasteiger partial charge is 0.387 e. The molecule has 0 radical (unpaired) electrons. The molecule has 0 unspecified atom stereocenters. The second kappa shape index (κ2) is 9.21. The van der Waals surface area contributed by atoms with Crippen LogP contribution in [0.1, 0.15) is 5.56 Å². The Labute approximate surface area is 143 Å². The number of para-hydroxylation sites is 2. The number of rotatable bonds is 8. The molecule has 6 nitrogen and oxygen atoms in total. The van der Waals surface area contributed by atoms with Gasteiger partial charge in [-0.25, -0.2) is 0 Å². The lowest BCUT2D eigenvalue weighted by molar-refractivity contribution is -0.120. The Hall–Kier alpha value is -3.16. The molecule has 2 aromatic carbocycles. The molecule has 0 fully saturated rings. The number of carbonyl (C=O) groups is 1. The number of carbonyl (C=O) groups excluding carboxylic acids is 1. The van der Waals surface area contributed by atoms with E-state index in [0.29, 0.717) is 17.0 Å². The lowest BCUT2D eigenvalue weighted by Crippen LogP contribution is -2.17. The number of oxime groups is 1. The van der Waals surface area contributed by atoms with Gasteiger partial charge in [-0.1, -0.05) is 17.3 Å². The lowest BCUT2D eigenvalue weighted by atomic mass is 10.2. The summed E-state index contributed by atoms with van der Waals surface area (Å²) < 4.78 is 33.4. The molecule has 0 aliphatic rings. The van der Waals surface area contributed by atoms with Gasteiger partial charge in [0.2, 0.25) is 0 Å². The molecule has 0 aliphatic heterocycles. The maximum Gasteiger partial charge on any atom is 0.387 e. The Morgan fingerprint density at radius 3 is 2.60 bits per heavy atom. The molecule has 0 aliphatic carbocycles. The molecule has 1 amide bonds. The number of hydrogen-bond acceptors (Lipinski definition) is 5. The third-order valence-electron chi connectivity index (χ3n) is 2.96. The van der Waals surface area contributed by atoms with Crippen molar-refractivity contribution in [2.45, 2.75) is 6.61 Å². The summed E-state index contributed by atoms with van der Waals surface area (Å²) in [7, 11) is 1.50. The Morgan fingerprint density at radius 1 is 1.20 bits per heavy atom. The van der Waals surface area contributed by atoms with Crippen molar-refractivity contribution in [1.29, 1.82) is 0 Å². The van der Waals surface area contributed by atoms with Gasteiger partial charge >= 0.3 is 6.61 Å². The van der Waals surface area contributed by atoms with Crippen molar-refractivity contribution in [3.05, 3.63) is 54.1 Å². The number of amides is 1. The fourth-order valence-corrected chi connectivity index (χ4v) is 1.86. The van der Waals surface area contributed by atoms with Crippen molar-refractivity contribution in [2.75, 3.05) is 19.0 Å². The van der Waals surface area contributed by atoms with E-state index in [1.54, 1.807) is 24.3 Å². The zero-order valence-corrected chi connectivity index (χ0v) is 13.3. The van der Waals surface area contributed by atoms with Gasteiger partial charge < -0.3 is 19.6 Å². The predicted octanol–water partition coefficient (Wildman–Crippen LogP) is 3.29. The summed E-state index contributed by atoms with van der Waals surface area (Å²) in [5.74, 6) is 0.178. The first kappa shape index (κ1) is 18.2. The van der Waals surface area contributed by atoms with Crippen molar-refractivity contribution in [1.82, 2.24) is 0 Å². The van der Waals surface area contributed by atoms with Crippen LogP contribution in [0.4, 0.5) is 14.5 Å². The normalized spacial score (nSPS) is 10.7. The number of benzene rings is 2. The highest BCUT2D eigenvalue weighted by Gasteiger charge is 2.07. The van der Waals surface area contributed by atoms with Crippen LogP contribution in [-0.4, -0.2) is 32.4 Å². The molecule has 0 saturated heterocycles. The van der Waals surface area contributed by atoms with Gasteiger partial charge in [-0.15, -0.1) is 0 Å². The summed E-state index contributed by atoms with van der Waals surface area (Å²) in [6.07, 6.45) is 1.35. The summed E-state index contributed by atoms with van der Waals surface area (Å²) in [6.45, 7) is -3.16. The Balaban J connectivity index is 1.79. The molecule has 2 rings (SSSR count). The first-order valence-electron chi connectivity index (χ1n) is 7.21. The topological polar surface area (TPSA) is 69.2 Å². The fourth-order valence-electron chi connectivity index (χ4n) is 1.86. The van der Waals surface area contributed by atoms with Crippen LogP contribution in [0.3, 0.4) is 0 Å². The molecular weight excluding hydrogens is 334 g/mol. The summed E-state index contributed by atoms with van der Waals surface area (Å²) in [5, 5.41) is 6.29. The van der Waals surface area contributed by atoms with Gasteiger partial charge in [0.25, 0.3) is 5.91 Å². The van der Waals surface area contributed by atoms with Gasteiger partial charge in [0, 0.05) is 0 Å². The number of nitrogens with zero attached hydrogens (tertiary/aromatic N) is 1. The molecule has 132 valence electrons. The molecule has 0 spiro atoms. The number of alkyl halides is 2. The molecule has 0 heterocycles. The van der Waals surface area contributed by atoms with Gasteiger partial charge in [0.15, 0.2) is 6.61 Å². The minimum absolute atomic E-state index is 0.0456. The third-order valence-corrected chi connectivity index (χ3v) is 2.96. The lowest BCUT2D eigenvalue weighted by Gasteiger charge is -2.08. The molecular formula is C17H16F2N2O4. The number of anilines is 1. The largest absolute Gasteiger partial charge is 0.495 e. The molecule has 0 aromatic heterocycles. The molecule has 0 atom stereocenters. The van der Waals surface area contributed by atoms with Crippen LogP contribution in [0.25, 0.3) is 0 Å². The highest BCUT2D eigenvalue weighted by molar-refractivity contribution is 5.93. The second-order valence-corrected chi connectivity index (χ2v) is 4.70. The van der Waals surface area contributed by atoms with Crippen LogP contribution in [0, 0.1) is 0 Å². The van der Waals surface area contributed by atoms with E-state index in [2.05, 4.69) is 15.2 Å². The van der Waals surface area contributed by atoms with Crippen molar-refractivity contribution in [3.8, 4) is 11.5 Å². The Morgan fingerprint density at radius 2 is 1.92 bits per heavy atom. The van der Waals surface area contributed by atoms with Gasteiger partial charge in [0.05, 0.1) is 19.0 Å². The number of hydrogen-bond donors (Lipinski definition) is 1. The first-order valence-corrected chi connectivity index (χ1v) is 7.21. The van der Waals surface area contributed by atoms with E-state index in [1.165, 1.54) is 37.6 Å². The highest BCUT2D eigenvalue weighted by Crippen LogP contribution is 2.22. The van der Waals surface area contributed by atoms with Gasteiger partial charge in [-0.05, 0) is 42.0 Å². The van der Waals surface area contributed by atoms with E-state index in [-0.39, 0.29) is 12.4 Å². The van der Waals surface area contributed by atoms with E-state index in [0.717, 1.165) is 0 Å². The maximum atomic E-state index is 12.0. The standard InChI is InChI=1S/C17H16F2N2O4/c1-23-15-5-3-2-4-14(15)21-16(22)11-24-20-10-12-6-8-13(9-7-12)25-17(18)19/h2-10,17H,11H2,1H3,(H,21,22)/b20-10-. The second-order valence-electron chi connectivity index (χ2n) is 4.70. The van der Waals surface area contributed by atoms with Gasteiger partial charge in [-0.2, -0.15) is 8.78 Å². The molecule has 8 heteroatoms. The summed E-state index contributed by atoms with van der Waals surface area (Å²) >= 11 is 0. The van der Waals surface area contributed by atoms with E-state index in [4.69, 9.17) is 9.57 Å². The van der Waals surface area contributed by atoms with Crippen molar-refractivity contribution < 1.29 is 27.9 Å². The molecule has 0 bridgehead atoms. The van der Waals surface area contributed by atoms with Gasteiger partial charge in [0.1, 0.15) is 11.5 Å². The number of ether oxygens (including phenoxy) is 2.